The van der Waals surface area contributed by atoms with Crippen LogP contribution in [0.1, 0.15) is 78.1 Å². The number of esters is 2. The second-order valence-corrected chi connectivity index (χ2v) is 8.90. The zero-order chi connectivity index (χ0) is 32.1. The van der Waals surface area contributed by atoms with Gasteiger partial charge in [0.05, 0.1) is 33.4 Å². The first-order chi connectivity index (χ1) is 20.8. The highest BCUT2D eigenvalue weighted by Crippen LogP contribution is 2.21. The number of carbonyl (C=O) groups excluding carboxylic acids is 3. The smallest absolute Gasteiger partial charge is 0.343 e. The molecular weight excluding hydrogens is 580 g/mol. The molecule has 0 radical (unpaired) electrons. The van der Waals surface area contributed by atoms with Gasteiger partial charge in [0.15, 0.2) is 5.78 Å². The highest BCUT2D eigenvalue weighted by Gasteiger charge is 2.21. The molecule has 4 N–H and O–H groups in total. The normalized spacial score (nSPS) is 10.4. The van der Waals surface area contributed by atoms with Crippen LogP contribution in [0.5, 0.6) is 11.5 Å². The molecule has 0 spiro atoms. The van der Waals surface area contributed by atoms with Crippen LogP contribution < -0.4 is 9.47 Å². The lowest BCUT2D eigenvalue weighted by atomic mass is 10.0. The van der Waals surface area contributed by atoms with E-state index in [0.717, 1.165) is 36.4 Å². The standard InChI is InChI=1S/C31H18O13/c32-25(15-1-7-19(8-2-15)43-30(41)17-5-11-21(26(33)34)23(13-17)28(37)38)16-3-9-20(10-4-16)44-31(42)18-6-12-22(27(35)36)24(14-18)29(39)40/h1-14H,(H,33,34)(H,35,36)(H,37,38)(H,39,40). The van der Waals surface area contributed by atoms with E-state index in [0.29, 0.717) is 0 Å². The predicted molar refractivity (Wildman–Crippen MR) is 147 cm³/mol. The van der Waals surface area contributed by atoms with Crippen molar-refractivity contribution in [2.24, 2.45) is 0 Å². The molecule has 220 valence electrons. The molecule has 0 aliphatic rings. The Morgan fingerprint density at radius 1 is 0.386 bits per heavy atom. The Morgan fingerprint density at radius 3 is 0.977 bits per heavy atom. The second kappa shape index (κ2) is 12.5. The summed E-state index contributed by atoms with van der Waals surface area (Å²) in [6, 6.07) is 16.7. The number of rotatable bonds is 10. The van der Waals surface area contributed by atoms with Crippen LogP contribution in [0.15, 0.2) is 84.9 Å². The van der Waals surface area contributed by atoms with Crippen molar-refractivity contribution < 1.29 is 63.5 Å². The van der Waals surface area contributed by atoms with Crippen LogP contribution in [0.2, 0.25) is 0 Å². The van der Waals surface area contributed by atoms with Crippen molar-refractivity contribution in [3.05, 3.63) is 129 Å². The Balaban J connectivity index is 1.42. The molecule has 4 aromatic rings. The van der Waals surface area contributed by atoms with Crippen LogP contribution in [0, 0.1) is 0 Å². The number of carboxylic acids is 4. The topological polar surface area (TPSA) is 219 Å². The second-order valence-electron chi connectivity index (χ2n) is 8.90. The Labute approximate surface area is 246 Å². The molecule has 0 unspecified atom stereocenters. The molecule has 0 aromatic heterocycles. The summed E-state index contributed by atoms with van der Waals surface area (Å²) >= 11 is 0. The minimum absolute atomic E-state index is 0.0236. The average Bonchev–Trinajstić information content (AvgIpc) is 3.00. The number of hydrogen-bond acceptors (Lipinski definition) is 9. The van der Waals surface area contributed by atoms with Gasteiger partial charge in [0.1, 0.15) is 11.5 Å². The van der Waals surface area contributed by atoms with Crippen molar-refractivity contribution >= 4 is 41.6 Å². The summed E-state index contributed by atoms with van der Waals surface area (Å²) in [5, 5.41) is 36.7. The van der Waals surface area contributed by atoms with Crippen molar-refractivity contribution in [1.29, 1.82) is 0 Å². The molecule has 0 fully saturated rings. The fourth-order valence-corrected chi connectivity index (χ4v) is 3.92. The molecule has 0 aliphatic heterocycles. The minimum Gasteiger partial charge on any atom is -0.478 e. The number of carbonyl (C=O) groups is 7. The summed E-state index contributed by atoms with van der Waals surface area (Å²) in [5.74, 6) is -8.31. The van der Waals surface area contributed by atoms with Gasteiger partial charge in [-0.2, -0.15) is 0 Å². The van der Waals surface area contributed by atoms with Gasteiger partial charge in [-0.1, -0.05) is 0 Å². The quantitative estimate of drug-likeness (QED) is 0.115. The zero-order valence-corrected chi connectivity index (χ0v) is 22.0. The van der Waals surface area contributed by atoms with E-state index >= 15 is 0 Å². The van der Waals surface area contributed by atoms with E-state index in [1.54, 1.807) is 0 Å². The van der Waals surface area contributed by atoms with E-state index in [4.69, 9.17) is 19.7 Å². The van der Waals surface area contributed by atoms with Gasteiger partial charge in [-0.15, -0.1) is 0 Å². The summed E-state index contributed by atoms with van der Waals surface area (Å²) in [7, 11) is 0. The van der Waals surface area contributed by atoms with E-state index in [-0.39, 0.29) is 33.8 Å². The Kier molecular flexibility index (Phi) is 8.61. The first kappa shape index (κ1) is 30.3. The average molecular weight is 598 g/mol. The van der Waals surface area contributed by atoms with E-state index in [9.17, 15) is 43.8 Å². The molecule has 13 nitrogen and oxygen atoms in total. The van der Waals surface area contributed by atoms with Crippen molar-refractivity contribution in [2.45, 2.75) is 0 Å². The lowest BCUT2D eigenvalue weighted by Gasteiger charge is -2.09. The largest absolute Gasteiger partial charge is 0.478 e. The van der Waals surface area contributed by atoms with Gasteiger partial charge in [0.2, 0.25) is 0 Å². The first-order valence-corrected chi connectivity index (χ1v) is 12.3. The minimum atomic E-state index is -1.53. The summed E-state index contributed by atoms with van der Waals surface area (Å²) in [4.78, 5) is 83.0. The highest BCUT2D eigenvalue weighted by molar-refractivity contribution is 6.09. The Bertz CT molecular complexity index is 1720. The Morgan fingerprint density at radius 2 is 0.682 bits per heavy atom. The van der Waals surface area contributed by atoms with Crippen molar-refractivity contribution in [3.63, 3.8) is 0 Å². The molecule has 4 aromatic carbocycles. The maximum absolute atomic E-state index is 12.9. The van der Waals surface area contributed by atoms with E-state index in [1.165, 1.54) is 48.5 Å². The summed E-state index contributed by atoms with van der Waals surface area (Å²) in [6.07, 6.45) is 0. The van der Waals surface area contributed by atoms with Crippen LogP contribution in [-0.4, -0.2) is 62.0 Å². The maximum Gasteiger partial charge on any atom is 0.343 e. The van der Waals surface area contributed by atoms with Gasteiger partial charge in [0.25, 0.3) is 0 Å². The van der Waals surface area contributed by atoms with Crippen LogP contribution in [0.3, 0.4) is 0 Å². The summed E-state index contributed by atoms with van der Waals surface area (Å²) in [5.41, 5.74) is -2.16. The molecule has 0 saturated heterocycles. The third-order valence-electron chi connectivity index (χ3n) is 6.09. The van der Waals surface area contributed by atoms with Gasteiger partial charge >= 0.3 is 35.8 Å². The number of ether oxygens (including phenoxy) is 2. The molecule has 44 heavy (non-hydrogen) atoms. The van der Waals surface area contributed by atoms with Gasteiger partial charge < -0.3 is 29.9 Å². The zero-order valence-electron chi connectivity index (χ0n) is 22.0. The van der Waals surface area contributed by atoms with E-state index in [1.807, 2.05) is 0 Å². The molecule has 4 rings (SSSR count). The number of hydrogen-bond donors (Lipinski definition) is 4. The summed E-state index contributed by atoms with van der Waals surface area (Å²) in [6.45, 7) is 0. The highest BCUT2D eigenvalue weighted by atomic mass is 16.5. The SMILES string of the molecule is O=C(Oc1ccc(C(=O)c2ccc(OC(=O)c3ccc(C(=O)O)c(C(=O)O)c3)cc2)cc1)c1ccc(C(=O)O)c(C(=O)O)c1. The fourth-order valence-electron chi connectivity index (χ4n) is 3.92. The molecule has 0 amide bonds. The maximum atomic E-state index is 12.9. The lowest BCUT2D eigenvalue weighted by Crippen LogP contribution is -2.13. The van der Waals surface area contributed by atoms with Gasteiger partial charge in [-0.25, -0.2) is 28.8 Å². The van der Waals surface area contributed by atoms with Crippen LogP contribution in [-0.2, 0) is 0 Å². The summed E-state index contributed by atoms with van der Waals surface area (Å²) < 4.78 is 10.4. The van der Waals surface area contributed by atoms with Gasteiger partial charge in [-0.3, -0.25) is 4.79 Å². The fraction of sp³-hybridized carbons (Fsp3) is 0. The van der Waals surface area contributed by atoms with Crippen molar-refractivity contribution in [3.8, 4) is 11.5 Å². The van der Waals surface area contributed by atoms with Crippen LogP contribution in [0.25, 0.3) is 0 Å². The van der Waals surface area contributed by atoms with Gasteiger partial charge in [0, 0.05) is 11.1 Å². The predicted octanol–water partition coefficient (Wildman–Crippen LogP) is 4.15. The number of ketones is 1. The van der Waals surface area contributed by atoms with Crippen LogP contribution in [0.4, 0.5) is 0 Å². The molecule has 0 saturated carbocycles. The van der Waals surface area contributed by atoms with Crippen molar-refractivity contribution in [1.82, 2.24) is 0 Å². The molecule has 0 atom stereocenters. The van der Waals surface area contributed by atoms with Gasteiger partial charge in [-0.05, 0) is 84.9 Å². The molecule has 0 aliphatic carbocycles. The Hall–Kier alpha value is -6.63. The molecular formula is C31H18O13. The lowest BCUT2D eigenvalue weighted by molar-refractivity contribution is 0.0650. The number of benzene rings is 4. The van der Waals surface area contributed by atoms with E-state index in [2.05, 4.69) is 0 Å². The first-order valence-electron chi connectivity index (χ1n) is 12.3. The van der Waals surface area contributed by atoms with Crippen molar-refractivity contribution in [2.75, 3.05) is 0 Å². The third kappa shape index (κ3) is 6.63. The number of aromatic carboxylic acids is 4. The molecule has 0 bridgehead atoms. The van der Waals surface area contributed by atoms with E-state index < -0.39 is 63.9 Å². The third-order valence-corrected chi connectivity index (χ3v) is 6.09. The number of carboxylic acid groups (broad SMARTS) is 4. The molecule has 13 heteroatoms. The van der Waals surface area contributed by atoms with Crippen LogP contribution >= 0.6 is 0 Å². The monoisotopic (exact) mass is 598 g/mol. The molecule has 0 heterocycles.